The largest absolute Gasteiger partial charge is 0.320 e. The lowest BCUT2D eigenvalue weighted by molar-refractivity contribution is 0.202. The lowest BCUT2D eigenvalue weighted by Gasteiger charge is -2.23. The number of carbonyl (C=O) groups is 1. The predicted molar refractivity (Wildman–Crippen MR) is 66.0 cm³/mol. The molecule has 2 amide bonds. The van der Waals surface area contributed by atoms with E-state index < -0.39 is 0 Å². The Morgan fingerprint density at radius 1 is 1.33 bits per heavy atom. The monoisotopic (exact) mass is 246 g/mol. The molecule has 2 aliphatic rings. The lowest BCUT2D eigenvalue weighted by atomic mass is 10.0. The van der Waals surface area contributed by atoms with Crippen LogP contribution in [0, 0.1) is 0 Å². The molecule has 6 heteroatoms. The zero-order valence-corrected chi connectivity index (χ0v) is 10.3. The number of nitrogens with zero attached hydrogens (tertiary/aromatic N) is 4. The quantitative estimate of drug-likeness (QED) is 0.696. The van der Waals surface area contributed by atoms with Crippen LogP contribution in [-0.2, 0) is 7.05 Å². The van der Waals surface area contributed by atoms with E-state index in [1.807, 2.05) is 6.08 Å². The van der Waals surface area contributed by atoms with Gasteiger partial charge < -0.3 is 14.4 Å². The van der Waals surface area contributed by atoms with E-state index >= 15 is 0 Å². The number of aromatic nitrogens is 2. The number of hydrogen-bond acceptors (Lipinski definition) is 3. The molecule has 0 aromatic carbocycles. The standard InChI is InChI=1S/C12H14N4O2/c1-14-6-9(13-5-11(14)17)8-3-4-16-7-10(8)15(2)12(16)18/h3,5-6,10H,4,7H2,1-2H3. The van der Waals surface area contributed by atoms with Crippen molar-refractivity contribution in [1.29, 1.82) is 0 Å². The van der Waals surface area contributed by atoms with Crippen molar-refractivity contribution in [2.45, 2.75) is 6.04 Å². The molecule has 0 spiro atoms. The number of hydrogen-bond donors (Lipinski definition) is 0. The summed E-state index contributed by atoms with van der Waals surface area (Å²) in [6.45, 7) is 1.31. The summed E-state index contributed by atoms with van der Waals surface area (Å²) in [5.41, 5.74) is 1.66. The number of rotatable bonds is 1. The maximum atomic E-state index is 11.8. The van der Waals surface area contributed by atoms with Gasteiger partial charge in [0.05, 0.1) is 17.9 Å². The molecule has 0 N–H and O–H groups in total. The lowest BCUT2D eigenvalue weighted by Crippen LogP contribution is -2.31. The Bertz CT molecular complexity index is 604. The fourth-order valence-electron chi connectivity index (χ4n) is 2.49. The van der Waals surface area contributed by atoms with Gasteiger partial charge in [0.1, 0.15) is 0 Å². The molecule has 1 aromatic heterocycles. The van der Waals surface area contributed by atoms with Crippen molar-refractivity contribution < 1.29 is 4.79 Å². The van der Waals surface area contributed by atoms with Crippen molar-refractivity contribution in [3.8, 4) is 0 Å². The van der Waals surface area contributed by atoms with Crippen LogP contribution in [0.2, 0.25) is 0 Å². The molecular weight excluding hydrogens is 232 g/mol. The molecule has 2 aliphatic heterocycles. The fourth-order valence-corrected chi connectivity index (χ4v) is 2.49. The normalized spacial score (nSPS) is 22.4. The first kappa shape index (κ1) is 11.0. The Morgan fingerprint density at radius 3 is 2.83 bits per heavy atom. The Hall–Kier alpha value is -2.11. The van der Waals surface area contributed by atoms with E-state index in [1.165, 1.54) is 10.8 Å². The fraction of sp³-hybridized carbons (Fsp3) is 0.417. The zero-order chi connectivity index (χ0) is 12.9. The number of carbonyl (C=O) groups excluding carboxylic acids is 1. The van der Waals surface area contributed by atoms with Crippen LogP contribution in [0.1, 0.15) is 5.69 Å². The molecule has 3 heterocycles. The van der Waals surface area contributed by atoms with Gasteiger partial charge in [0.15, 0.2) is 0 Å². The second-order valence-electron chi connectivity index (χ2n) is 4.70. The highest BCUT2D eigenvalue weighted by molar-refractivity contribution is 5.84. The Balaban J connectivity index is 2.02. The molecule has 1 fully saturated rings. The van der Waals surface area contributed by atoms with Crippen molar-refractivity contribution >= 4 is 11.6 Å². The van der Waals surface area contributed by atoms with E-state index in [1.54, 1.807) is 30.1 Å². The molecule has 1 saturated heterocycles. The van der Waals surface area contributed by atoms with E-state index in [2.05, 4.69) is 4.98 Å². The van der Waals surface area contributed by atoms with Gasteiger partial charge in [0.2, 0.25) is 0 Å². The van der Waals surface area contributed by atoms with E-state index in [0.29, 0.717) is 13.1 Å². The first-order valence-electron chi connectivity index (χ1n) is 5.83. The van der Waals surface area contributed by atoms with Gasteiger partial charge in [-0.15, -0.1) is 0 Å². The van der Waals surface area contributed by atoms with Crippen LogP contribution in [0.15, 0.2) is 23.3 Å². The van der Waals surface area contributed by atoms with Crippen LogP contribution in [0.4, 0.5) is 4.79 Å². The topological polar surface area (TPSA) is 58.4 Å². The van der Waals surface area contributed by atoms with Gasteiger partial charge in [-0.25, -0.2) is 9.78 Å². The van der Waals surface area contributed by atoms with Crippen LogP contribution in [0.3, 0.4) is 0 Å². The molecular formula is C12H14N4O2. The van der Waals surface area contributed by atoms with Gasteiger partial charge in [-0.2, -0.15) is 0 Å². The highest BCUT2D eigenvalue weighted by Crippen LogP contribution is 2.29. The van der Waals surface area contributed by atoms with E-state index in [4.69, 9.17) is 0 Å². The van der Waals surface area contributed by atoms with Gasteiger partial charge in [-0.3, -0.25) is 4.79 Å². The Labute approximate surface area is 104 Å². The molecule has 0 saturated carbocycles. The number of urea groups is 1. The third-order valence-corrected chi connectivity index (χ3v) is 3.60. The number of fused-ring (bicyclic) bond motifs is 2. The van der Waals surface area contributed by atoms with Crippen molar-refractivity contribution in [1.82, 2.24) is 19.4 Å². The van der Waals surface area contributed by atoms with E-state index in [0.717, 1.165) is 11.3 Å². The van der Waals surface area contributed by atoms with Gasteiger partial charge in [-0.05, 0) is 0 Å². The highest BCUT2D eigenvalue weighted by Gasteiger charge is 2.39. The summed E-state index contributed by atoms with van der Waals surface area (Å²) < 4.78 is 1.51. The van der Waals surface area contributed by atoms with Crippen LogP contribution in [0.5, 0.6) is 0 Å². The van der Waals surface area contributed by atoms with E-state index in [-0.39, 0.29) is 17.6 Å². The molecule has 3 rings (SSSR count). The third-order valence-electron chi connectivity index (χ3n) is 3.60. The molecule has 0 radical (unpaired) electrons. The van der Waals surface area contributed by atoms with Crippen LogP contribution in [0.25, 0.3) is 5.57 Å². The summed E-state index contributed by atoms with van der Waals surface area (Å²) in [6.07, 6.45) is 5.06. The second-order valence-corrected chi connectivity index (χ2v) is 4.70. The average Bonchev–Trinajstić information content (AvgIpc) is 2.59. The Morgan fingerprint density at radius 2 is 2.11 bits per heavy atom. The Kier molecular flexibility index (Phi) is 2.26. The van der Waals surface area contributed by atoms with Crippen molar-refractivity contribution in [2.75, 3.05) is 20.1 Å². The van der Waals surface area contributed by atoms with Crippen molar-refractivity contribution in [3.63, 3.8) is 0 Å². The van der Waals surface area contributed by atoms with Gasteiger partial charge in [0.25, 0.3) is 5.56 Å². The smallest absolute Gasteiger partial charge is 0.319 e. The van der Waals surface area contributed by atoms with Crippen LogP contribution in [-0.4, -0.2) is 51.6 Å². The minimum atomic E-state index is -0.132. The van der Waals surface area contributed by atoms with Gasteiger partial charge >= 0.3 is 6.03 Å². The molecule has 0 aliphatic carbocycles. The molecule has 1 unspecified atom stereocenters. The average molecular weight is 246 g/mol. The van der Waals surface area contributed by atoms with Gasteiger partial charge in [-0.1, -0.05) is 6.08 Å². The van der Waals surface area contributed by atoms with Gasteiger partial charge in [0, 0.05) is 39.0 Å². The number of likely N-dealkylation sites (N-methyl/N-ethyl adjacent to an activating group) is 1. The minimum absolute atomic E-state index is 0.0382. The molecule has 1 atom stereocenters. The summed E-state index contributed by atoms with van der Waals surface area (Å²) >= 11 is 0. The van der Waals surface area contributed by atoms with Crippen molar-refractivity contribution in [3.05, 3.63) is 34.5 Å². The van der Waals surface area contributed by atoms with E-state index in [9.17, 15) is 9.59 Å². The number of aryl methyl sites for hydroxylation is 1. The van der Waals surface area contributed by atoms with Crippen LogP contribution < -0.4 is 5.56 Å². The number of amides is 2. The first-order valence-corrected chi connectivity index (χ1v) is 5.83. The summed E-state index contributed by atoms with van der Waals surface area (Å²) in [7, 11) is 3.50. The van der Waals surface area contributed by atoms with Crippen LogP contribution >= 0.6 is 0 Å². The summed E-state index contributed by atoms with van der Waals surface area (Å²) in [5.74, 6) is 0. The maximum Gasteiger partial charge on any atom is 0.320 e. The minimum Gasteiger partial charge on any atom is -0.319 e. The molecule has 1 aromatic rings. The molecule has 2 bridgehead atoms. The molecule has 18 heavy (non-hydrogen) atoms. The molecule has 94 valence electrons. The zero-order valence-electron chi connectivity index (χ0n) is 10.3. The summed E-state index contributed by atoms with van der Waals surface area (Å²) in [4.78, 5) is 30.9. The third kappa shape index (κ3) is 1.45. The second kappa shape index (κ2) is 3.69. The highest BCUT2D eigenvalue weighted by atomic mass is 16.2. The first-order chi connectivity index (χ1) is 8.58. The predicted octanol–water partition coefficient (Wildman–Crippen LogP) is -0.0867. The van der Waals surface area contributed by atoms with Crippen molar-refractivity contribution in [2.24, 2.45) is 7.05 Å². The maximum absolute atomic E-state index is 11.8. The molecule has 6 nitrogen and oxygen atoms in total. The summed E-state index contributed by atoms with van der Waals surface area (Å²) in [5, 5.41) is 0. The SMILES string of the molecule is CN1C(=O)N2CC=C(c3cn(C)c(=O)cn3)C1C2. The summed E-state index contributed by atoms with van der Waals surface area (Å²) in [6, 6.07) is 0.0901.